The number of aliphatic hydroxyl groups excluding tert-OH is 1. The molecule has 0 saturated heterocycles. The van der Waals surface area contributed by atoms with Crippen LogP contribution in [0.5, 0.6) is 0 Å². The summed E-state index contributed by atoms with van der Waals surface area (Å²) in [6, 6.07) is 0. The molecule has 2 nitrogen and oxygen atoms in total. The van der Waals surface area contributed by atoms with Crippen LogP contribution in [0.3, 0.4) is 0 Å². The molecule has 0 aromatic heterocycles. The smallest absolute Gasteiger partial charge is 0.449 e. The Bertz CT molecular complexity index is 265. The molecule has 5 heteroatoms. The summed E-state index contributed by atoms with van der Waals surface area (Å²) in [5, 5.41) is 8.76. The van der Waals surface area contributed by atoms with Crippen LogP contribution in [-0.2, 0) is 4.79 Å². The van der Waals surface area contributed by atoms with Crippen molar-refractivity contribution in [3.05, 3.63) is 11.3 Å². The molecule has 0 aromatic rings. The van der Waals surface area contributed by atoms with Gasteiger partial charge in [-0.3, -0.25) is 4.79 Å². The van der Waals surface area contributed by atoms with Crippen molar-refractivity contribution in [3.8, 4) is 0 Å². The van der Waals surface area contributed by atoms with Crippen LogP contribution in [0.25, 0.3) is 0 Å². The zero-order chi connectivity index (χ0) is 10.2. The van der Waals surface area contributed by atoms with E-state index in [1.165, 1.54) is 6.92 Å². The van der Waals surface area contributed by atoms with Crippen molar-refractivity contribution in [2.75, 3.05) is 0 Å². The van der Waals surface area contributed by atoms with E-state index in [1.54, 1.807) is 0 Å². The summed E-state index contributed by atoms with van der Waals surface area (Å²) in [5.74, 6) is -2.81. The number of carbonyl (C=O) groups is 1. The third-order valence-corrected chi connectivity index (χ3v) is 2.12. The van der Waals surface area contributed by atoms with Crippen LogP contribution in [0.2, 0.25) is 0 Å². The number of alkyl halides is 3. The molecule has 0 aromatic carbocycles. The van der Waals surface area contributed by atoms with Crippen molar-refractivity contribution in [1.82, 2.24) is 0 Å². The molecule has 1 aliphatic carbocycles. The summed E-state index contributed by atoms with van der Waals surface area (Å²) >= 11 is 0. The van der Waals surface area contributed by atoms with Crippen LogP contribution in [-0.4, -0.2) is 17.1 Å². The zero-order valence-corrected chi connectivity index (χ0v) is 6.98. The number of hydrogen-bond donors (Lipinski definition) is 1. The van der Waals surface area contributed by atoms with Crippen molar-refractivity contribution in [2.24, 2.45) is 5.92 Å². The number of ketones is 1. The van der Waals surface area contributed by atoms with Gasteiger partial charge in [0.05, 0.1) is 0 Å². The van der Waals surface area contributed by atoms with E-state index in [0.29, 0.717) is 6.42 Å². The van der Waals surface area contributed by atoms with Crippen molar-refractivity contribution in [1.29, 1.82) is 0 Å². The van der Waals surface area contributed by atoms with Gasteiger partial charge in [0.25, 0.3) is 0 Å². The molecule has 74 valence electrons. The van der Waals surface area contributed by atoms with Gasteiger partial charge in [-0.05, 0) is 12.3 Å². The quantitative estimate of drug-likeness (QED) is 0.474. The fraction of sp³-hybridized carbons (Fsp3) is 0.625. The molecule has 0 aliphatic heterocycles. The van der Waals surface area contributed by atoms with Crippen molar-refractivity contribution in [3.63, 3.8) is 0 Å². The highest BCUT2D eigenvalue weighted by atomic mass is 19.4. The highest BCUT2D eigenvalue weighted by Crippen LogP contribution is 2.35. The third-order valence-electron chi connectivity index (χ3n) is 2.12. The Labute approximate surface area is 73.1 Å². The minimum atomic E-state index is -4.80. The summed E-state index contributed by atoms with van der Waals surface area (Å²) in [7, 11) is 0. The Morgan fingerprint density at radius 2 is 2.08 bits per heavy atom. The van der Waals surface area contributed by atoms with E-state index < -0.39 is 29.2 Å². The van der Waals surface area contributed by atoms with Crippen LogP contribution in [0.1, 0.15) is 19.8 Å². The van der Waals surface area contributed by atoms with Gasteiger partial charge in [-0.2, -0.15) is 13.2 Å². The number of allylic oxidation sites excluding steroid dienone is 2. The largest absolute Gasteiger partial charge is 0.504 e. The van der Waals surface area contributed by atoms with Crippen LogP contribution in [0.15, 0.2) is 11.3 Å². The number of Topliss-reactive ketones (excluding diaryl/α,β-unsaturated/α-hetero) is 1. The average Bonchev–Trinajstić information content (AvgIpc) is 2.28. The van der Waals surface area contributed by atoms with Crippen LogP contribution in [0, 0.1) is 5.92 Å². The number of halogens is 3. The van der Waals surface area contributed by atoms with E-state index in [9.17, 15) is 18.0 Å². The lowest BCUT2D eigenvalue weighted by Gasteiger charge is -2.10. The molecular formula is C8H9F3O2. The predicted octanol–water partition coefficient (Wildman–Crippen LogP) is 2.36. The second kappa shape index (κ2) is 3.05. The second-order valence-corrected chi connectivity index (χ2v) is 3.12. The lowest BCUT2D eigenvalue weighted by atomic mass is 10.0. The number of hydrogen-bond acceptors (Lipinski definition) is 2. The molecule has 1 atom stereocenters. The van der Waals surface area contributed by atoms with Gasteiger partial charge in [0.1, 0.15) is 0 Å². The van der Waals surface area contributed by atoms with E-state index in [0.717, 1.165) is 0 Å². The topological polar surface area (TPSA) is 37.3 Å². The SMILES string of the molecule is C[C@@H]1CCC(=O)/C1=C(\O)C(F)(F)F. The van der Waals surface area contributed by atoms with Crippen molar-refractivity contribution < 1.29 is 23.1 Å². The summed E-state index contributed by atoms with van der Waals surface area (Å²) in [4.78, 5) is 11.0. The number of rotatable bonds is 0. The first kappa shape index (κ1) is 10.1. The first-order valence-electron chi connectivity index (χ1n) is 3.87. The predicted molar refractivity (Wildman–Crippen MR) is 39.1 cm³/mol. The molecule has 1 saturated carbocycles. The first-order chi connectivity index (χ1) is 5.84. The van der Waals surface area contributed by atoms with E-state index in [2.05, 4.69) is 0 Å². The molecule has 1 rings (SSSR count). The van der Waals surface area contributed by atoms with Gasteiger partial charge < -0.3 is 5.11 Å². The summed E-state index contributed by atoms with van der Waals surface area (Å²) < 4.78 is 36.0. The van der Waals surface area contributed by atoms with Gasteiger partial charge in [-0.1, -0.05) is 6.92 Å². The third kappa shape index (κ3) is 1.84. The minimum Gasteiger partial charge on any atom is -0.504 e. The standard InChI is InChI=1S/C8H9F3O2/c1-4-2-3-5(12)6(4)7(13)8(9,10)11/h4,13H,2-3H2,1H3/b7-6-/t4-/m1/s1. The first-order valence-corrected chi connectivity index (χ1v) is 3.87. The van der Waals surface area contributed by atoms with Gasteiger partial charge in [0.2, 0.25) is 5.76 Å². The van der Waals surface area contributed by atoms with E-state index >= 15 is 0 Å². The van der Waals surface area contributed by atoms with Crippen LogP contribution >= 0.6 is 0 Å². The molecule has 1 N–H and O–H groups in total. The Morgan fingerprint density at radius 3 is 2.38 bits per heavy atom. The maximum absolute atomic E-state index is 12.0. The Morgan fingerprint density at radius 1 is 1.54 bits per heavy atom. The molecule has 0 radical (unpaired) electrons. The number of aliphatic hydroxyl groups is 1. The molecule has 1 fully saturated rings. The number of carbonyl (C=O) groups excluding carboxylic acids is 1. The molecule has 0 spiro atoms. The Hall–Kier alpha value is -1.00. The monoisotopic (exact) mass is 194 g/mol. The molecule has 0 unspecified atom stereocenters. The zero-order valence-electron chi connectivity index (χ0n) is 6.98. The molecular weight excluding hydrogens is 185 g/mol. The summed E-state index contributed by atoms with van der Waals surface area (Å²) in [6.45, 7) is 1.50. The summed E-state index contributed by atoms with van der Waals surface area (Å²) in [5.41, 5.74) is -0.465. The van der Waals surface area contributed by atoms with E-state index in [1.807, 2.05) is 0 Å². The lowest BCUT2D eigenvalue weighted by molar-refractivity contribution is -0.126. The maximum atomic E-state index is 12.0. The average molecular weight is 194 g/mol. The van der Waals surface area contributed by atoms with Crippen LogP contribution in [0.4, 0.5) is 13.2 Å². The lowest BCUT2D eigenvalue weighted by Crippen LogP contribution is -2.17. The van der Waals surface area contributed by atoms with Crippen molar-refractivity contribution in [2.45, 2.75) is 25.9 Å². The highest BCUT2D eigenvalue weighted by Gasteiger charge is 2.41. The van der Waals surface area contributed by atoms with E-state index in [4.69, 9.17) is 5.11 Å². The molecule has 13 heavy (non-hydrogen) atoms. The fourth-order valence-corrected chi connectivity index (χ4v) is 1.42. The highest BCUT2D eigenvalue weighted by molar-refractivity contribution is 5.98. The van der Waals surface area contributed by atoms with Gasteiger partial charge >= 0.3 is 6.18 Å². The Balaban J connectivity index is 3.09. The Kier molecular flexibility index (Phi) is 2.36. The van der Waals surface area contributed by atoms with Crippen molar-refractivity contribution >= 4 is 5.78 Å². The normalized spacial score (nSPS) is 28.0. The van der Waals surface area contributed by atoms with Gasteiger partial charge in [0, 0.05) is 12.0 Å². The molecule has 0 heterocycles. The summed E-state index contributed by atoms with van der Waals surface area (Å²) in [6.07, 6.45) is -4.32. The van der Waals surface area contributed by atoms with Gasteiger partial charge in [-0.25, -0.2) is 0 Å². The fourth-order valence-electron chi connectivity index (χ4n) is 1.42. The van der Waals surface area contributed by atoms with Crippen LogP contribution < -0.4 is 0 Å². The minimum absolute atomic E-state index is 0.0939. The van der Waals surface area contributed by atoms with Gasteiger partial charge in [-0.15, -0.1) is 0 Å². The maximum Gasteiger partial charge on any atom is 0.449 e. The molecule has 0 bridgehead atoms. The van der Waals surface area contributed by atoms with Gasteiger partial charge in [0.15, 0.2) is 5.78 Å². The van der Waals surface area contributed by atoms with E-state index in [-0.39, 0.29) is 6.42 Å². The second-order valence-electron chi connectivity index (χ2n) is 3.12. The molecule has 0 amide bonds. The molecule has 1 aliphatic rings.